The van der Waals surface area contributed by atoms with E-state index in [4.69, 9.17) is 0 Å². The van der Waals surface area contributed by atoms with E-state index in [2.05, 4.69) is 35.1 Å². The van der Waals surface area contributed by atoms with Crippen molar-refractivity contribution in [3.8, 4) is 5.63 Å². The first-order valence-corrected chi connectivity index (χ1v) is 2.62. The minimum atomic E-state index is 0.255. The van der Waals surface area contributed by atoms with Crippen LogP contribution in [0.1, 0.15) is 20.8 Å². The predicted octanol–water partition coefficient (Wildman–Crippen LogP) is 1.87. The largest absolute Gasteiger partial charge is 0.138 e. The summed E-state index contributed by atoms with van der Waals surface area (Å²) in [6.07, 6.45) is 0. The van der Waals surface area contributed by atoms with E-state index in [0.717, 1.165) is 0 Å². The second-order valence-electron chi connectivity index (χ2n) is 2.39. The smallest absolute Gasteiger partial charge is 0.0184 e. The minimum Gasteiger partial charge on any atom is -0.138 e. The predicted molar refractivity (Wildman–Crippen MR) is 33.1 cm³/mol. The van der Waals surface area contributed by atoms with E-state index in [9.17, 15) is 0 Å². The first-order valence-electron chi connectivity index (χ1n) is 2.04. The van der Waals surface area contributed by atoms with Crippen LogP contribution in [0, 0.1) is 11.0 Å². The normalized spacial score (nSPS) is 10.5. The fraction of sp³-hybridized carbons (Fsp3) is 0.800. The quantitative estimate of drug-likeness (QED) is 0.409. The van der Waals surface area contributed by atoms with Crippen LogP contribution in [-0.4, -0.2) is 0 Å². The number of hydrogen-bond acceptors (Lipinski definition) is 0. The summed E-state index contributed by atoms with van der Waals surface area (Å²) in [6, 6.07) is 0. The molecule has 0 spiro atoms. The Balaban J connectivity index is 3.55. The van der Waals surface area contributed by atoms with Gasteiger partial charge in [0.1, 0.15) is 0 Å². The van der Waals surface area contributed by atoms with Gasteiger partial charge in [-0.15, -0.1) is 14.3 Å². The number of rotatable bonds is 0. The molecule has 0 heterocycles. The van der Waals surface area contributed by atoms with Gasteiger partial charge in [-0.3, -0.25) is 0 Å². The Labute approximate surface area is 41.4 Å². The molecular formula is C5H11P. The van der Waals surface area contributed by atoms with E-state index < -0.39 is 0 Å². The highest BCUT2D eigenvalue weighted by Gasteiger charge is 2.00. The molecule has 0 aromatic heterocycles. The van der Waals surface area contributed by atoms with Crippen LogP contribution < -0.4 is 0 Å². The first kappa shape index (κ1) is 6.08. The van der Waals surface area contributed by atoms with E-state index in [0.29, 0.717) is 0 Å². The summed E-state index contributed by atoms with van der Waals surface area (Å²) >= 11 is 0. The molecule has 0 aliphatic carbocycles. The van der Waals surface area contributed by atoms with Gasteiger partial charge in [-0.25, -0.2) is 0 Å². The summed E-state index contributed by atoms with van der Waals surface area (Å²) in [5.41, 5.74) is 3.28. The van der Waals surface area contributed by atoms with Crippen molar-refractivity contribution in [3.63, 3.8) is 0 Å². The Kier molecular flexibility index (Phi) is 1.71. The molecule has 0 saturated heterocycles. The Morgan fingerprint density at radius 3 is 1.50 bits per heavy atom. The zero-order valence-electron chi connectivity index (χ0n) is 4.58. The lowest BCUT2D eigenvalue weighted by Gasteiger charge is -2.05. The Morgan fingerprint density at radius 1 is 1.33 bits per heavy atom. The fourth-order valence-corrected chi connectivity index (χ4v) is 0. The lowest BCUT2D eigenvalue weighted by Crippen LogP contribution is -1.96. The minimum absolute atomic E-state index is 0.255. The lowest BCUT2D eigenvalue weighted by atomic mass is 10.0. The highest BCUT2D eigenvalue weighted by molar-refractivity contribution is 7.04. The van der Waals surface area contributed by atoms with Crippen LogP contribution in [0.25, 0.3) is 0 Å². The van der Waals surface area contributed by atoms with Crippen molar-refractivity contribution >= 4 is 8.70 Å². The SMILES string of the molecule is CC(C)(C)C#[PH2]. The standard InChI is InChI=1S/C5H11P/c1-5(2,3)4-6/h6H2,1-3H3. The Morgan fingerprint density at radius 2 is 1.50 bits per heavy atom. The fourth-order valence-electron chi connectivity index (χ4n) is 0. The maximum Gasteiger partial charge on any atom is 0.0184 e. The van der Waals surface area contributed by atoms with E-state index >= 15 is 0 Å². The van der Waals surface area contributed by atoms with E-state index in [1.54, 1.807) is 0 Å². The van der Waals surface area contributed by atoms with Crippen LogP contribution in [0.2, 0.25) is 0 Å². The highest BCUT2D eigenvalue weighted by Crippen LogP contribution is 2.09. The van der Waals surface area contributed by atoms with Gasteiger partial charge in [-0.2, -0.15) is 0 Å². The summed E-state index contributed by atoms with van der Waals surface area (Å²) in [7, 11) is 2.47. The molecule has 0 aromatic carbocycles. The number of hydrogen-bond donors (Lipinski definition) is 0. The molecule has 0 saturated carbocycles. The van der Waals surface area contributed by atoms with Crippen LogP contribution in [0.4, 0.5) is 0 Å². The van der Waals surface area contributed by atoms with Gasteiger partial charge >= 0.3 is 0 Å². The molecule has 0 N–H and O–H groups in total. The molecule has 0 fully saturated rings. The second-order valence-corrected chi connectivity index (χ2v) is 2.68. The van der Waals surface area contributed by atoms with Gasteiger partial charge in [0.2, 0.25) is 0 Å². The van der Waals surface area contributed by atoms with Gasteiger partial charge in [-0.1, -0.05) is 0 Å². The zero-order valence-corrected chi connectivity index (χ0v) is 5.73. The molecular weight excluding hydrogens is 91.0 g/mol. The van der Waals surface area contributed by atoms with E-state index in [1.165, 1.54) is 0 Å². The average Bonchev–Trinajstić information content (AvgIpc) is 1.35. The second kappa shape index (κ2) is 1.69. The van der Waals surface area contributed by atoms with Crippen LogP contribution in [-0.2, 0) is 0 Å². The molecule has 1 heteroatoms. The van der Waals surface area contributed by atoms with Crippen molar-refractivity contribution < 1.29 is 0 Å². The average molecular weight is 102 g/mol. The van der Waals surface area contributed by atoms with Gasteiger partial charge in [0.25, 0.3) is 0 Å². The molecule has 0 amide bonds. The molecule has 0 nitrogen and oxygen atoms in total. The Hall–Kier alpha value is 0.0800. The summed E-state index contributed by atoms with van der Waals surface area (Å²) in [6.45, 7) is 6.33. The van der Waals surface area contributed by atoms with Crippen LogP contribution in [0.15, 0.2) is 0 Å². The molecule has 6 heavy (non-hydrogen) atoms. The molecule has 36 valence electrons. The third-order valence-electron chi connectivity index (χ3n) is 0.433. The van der Waals surface area contributed by atoms with Crippen LogP contribution in [0.3, 0.4) is 0 Å². The monoisotopic (exact) mass is 102 g/mol. The van der Waals surface area contributed by atoms with Gasteiger partial charge in [0.05, 0.1) is 0 Å². The Bertz CT molecular complexity index is 70.9. The first-order chi connectivity index (χ1) is 2.56. The molecule has 0 aromatic rings. The van der Waals surface area contributed by atoms with Crippen LogP contribution >= 0.6 is 8.70 Å². The molecule has 0 aliphatic heterocycles. The molecule has 0 radical (unpaired) electrons. The zero-order chi connectivity index (χ0) is 5.21. The molecule has 0 rings (SSSR count). The summed E-state index contributed by atoms with van der Waals surface area (Å²) < 4.78 is 0. The third-order valence-corrected chi connectivity index (χ3v) is 1.30. The molecule has 1 atom stereocenters. The maximum atomic E-state index is 3.02. The van der Waals surface area contributed by atoms with E-state index in [-0.39, 0.29) is 5.41 Å². The topological polar surface area (TPSA) is 0 Å². The summed E-state index contributed by atoms with van der Waals surface area (Å²) in [5.74, 6) is 0. The van der Waals surface area contributed by atoms with E-state index in [1.807, 2.05) is 0 Å². The van der Waals surface area contributed by atoms with Crippen molar-refractivity contribution in [2.24, 2.45) is 5.41 Å². The van der Waals surface area contributed by atoms with Crippen molar-refractivity contribution in [1.29, 1.82) is 0 Å². The highest BCUT2D eigenvalue weighted by atomic mass is 31.0. The summed E-state index contributed by atoms with van der Waals surface area (Å²) in [5, 5.41) is 0. The molecule has 1 unspecified atom stereocenters. The van der Waals surface area contributed by atoms with Crippen molar-refractivity contribution in [3.05, 3.63) is 0 Å². The van der Waals surface area contributed by atoms with Gasteiger partial charge < -0.3 is 0 Å². The third kappa shape index (κ3) is 4.08. The van der Waals surface area contributed by atoms with Crippen molar-refractivity contribution in [1.82, 2.24) is 0 Å². The van der Waals surface area contributed by atoms with Gasteiger partial charge in [0, 0.05) is 5.41 Å². The van der Waals surface area contributed by atoms with Gasteiger partial charge in [-0.05, 0) is 20.8 Å². The van der Waals surface area contributed by atoms with Gasteiger partial charge in [0.15, 0.2) is 0 Å². The van der Waals surface area contributed by atoms with Crippen molar-refractivity contribution in [2.45, 2.75) is 20.8 Å². The molecule has 0 aliphatic rings. The summed E-state index contributed by atoms with van der Waals surface area (Å²) in [4.78, 5) is 0. The molecule has 0 bridgehead atoms. The van der Waals surface area contributed by atoms with Crippen molar-refractivity contribution in [2.75, 3.05) is 0 Å². The lowest BCUT2D eigenvalue weighted by molar-refractivity contribution is 0.574. The van der Waals surface area contributed by atoms with Crippen LogP contribution in [0.5, 0.6) is 0 Å². The maximum absolute atomic E-state index is 3.02.